The van der Waals surface area contributed by atoms with Gasteiger partial charge in [-0.25, -0.2) is 4.98 Å². The molecule has 1 aliphatic heterocycles. The lowest BCUT2D eigenvalue weighted by Crippen LogP contribution is -2.19. The van der Waals surface area contributed by atoms with Gasteiger partial charge in [0.2, 0.25) is 5.95 Å². The maximum absolute atomic E-state index is 5.62. The lowest BCUT2D eigenvalue weighted by atomic mass is 10.2. The molecule has 0 aromatic carbocycles. The Hall–Kier alpha value is -1.36. The van der Waals surface area contributed by atoms with Gasteiger partial charge in [0.05, 0.1) is 11.8 Å². The molecule has 1 aromatic rings. The zero-order valence-corrected chi connectivity index (χ0v) is 11.5. The molecule has 0 bridgehead atoms. The predicted molar refractivity (Wildman–Crippen MR) is 75.6 cm³/mol. The van der Waals surface area contributed by atoms with Crippen molar-refractivity contribution in [3.63, 3.8) is 0 Å². The molecule has 3 rings (SSSR count). The van der Waals surface area contributed by atoms with Crippen LogP contribution in [0.1, 0.15) is 44.2 Å². The predicted octanol–water partition coefficient (Wildman–Crippen LogP) is 2.38. The summed E-state index contributed by atoms with van der Waals surface area (Å²) in [5.74, 6) is 2.30. The quantitative estimate of drug-likeness (QED) is 0.824. The average molecular weight is 262 g/mol. The van der Waals surface area contributed by atoms with Gasteiger partial charge in [-0.1, -0.05) is 0 Å². The van der Waals surface area contributed by atoms with Crippen molar-refractivity contribution in [3.8, 4) is 0 Å². The van der Waals surface area contributed by atoms with Crippen molar-refractivity contribution in [2.24, 2.45) is 0 Å². The van der Waals surface area contributed by atoms with Crippen molar-refractivity contribution >= 4 is 11.8 Å². The Bertz CT molecular complexity index is 427. The third-order valence-corrected chi connectivity index (χ3v) is 3.61. The Kier molecular flexibility index (Phi) is 3.82. The highest BCUT2D eigenvalue weighted by Crippen LogP contribution is 2.39. The zero-order chi connectivity index (χ0) is 13.1. The molecule has 1 aromatic heterocycles. The van der Waals surface area contributed by atoms with Crippen molar-refractivity contribution in [1.29, 1.82) is 0 Å². The lowest BCUT2D eigenvalue weighted by molar-refractivity contribution is 0.120. The van der Waals surface area contributed by atoms with Crippen LogP contribution in [0.15, 0.2) is 6.07 Å². The van der Waals surface area contributed by atoms with Crippen LogP contribution in [0.2, 0.25) is 0 Å². The van der Waals surface area contributed by atoms with Crippen LogP contribution < -0.4 is 10.6 Å². The van der Waals surface area contributed by atoms with Crippen LogP contribution in [-0.4, -0.2) is 35.8 Å². The summed E-state index contributed by atoms with van der Waals surface area (Å²) < 4.78 is 5.62. The highest BCUT2D eigenvalue weighted by atomic mass is 16.5. The third kappa shape index (κ3) is 3.35. The van der Waals surface area contributed by atoms with Gasteiger partial charge in [-0.15, -0.1) is 0 Å². The van der Waals surface area contributed by atoms with Gasteiger partial charge in [0.25, 0.3) is 0 Å². The molecule has 0 spiro atoms. The number of rotatable bonds is 6. The molecule has 2 aliphatic rings. The first-order valence-electron chi connectivity index (χ1n) is 7.33. The minimum absolute atomic E-state index is 0.335. The molecular formula is C14H22N4O. The maximum atomic E-state index is 5.62. The van der Waals surface area contributed by atoms with E-state index in [4.69, 9.17) is 4.74 Å². The summed E-state index contributed by atoms with van der Waals surface area (Å²) in [6.45, 7) is 4.64. The second-order valence-corrected chi connectivity index (χ2v) is 5.32. The molecule has 0 unspecified atom stereocenters. The van der Waals surface area contributed by atoms with Gasteiger partial charge < -0.3 is 15.4 Å². The van der Waals surface area contributed by atoms with E-state index in [1.807, 2.05) is 0 Å². The van der Waals surface area contributed by atoms with E-state index < -0.39 is 0 Å². The number of nitrogens with zero attached hydrogens (tertiary/aromatic N) is 2. The summed E-state index contributed by atoms with van der Waals surface area (Å²) in [7, 11) is 0. The van der Waals surface area contributed by atoms with Crippen LogP contribution in [-0.2, 0) is 4.74 Å². The lowest BCUT2D eigenvalue weighted by Gasteiger charge is -2.13. The Labute approximate surface area is 114 Å². The van der Waals surface area contributed by atoms with E-state index in [1.165, 1.54) is 25.0 Å². The summed E-state index contributed by atoms with van der Waals surface area (Å²) in [4.78, 5) is 9.08. The van der Waals surface area contributed by atoms with Gasteiger partial charge in [-0.3, -0.25) is 0 Å². The van der Waals surface area contributed by atoms with Crippen molar-refractivity contribution < 1.29 is 4.74 Å². The van der Waals surface area contributed by atoms with E-state index in [0.717, 1.165) is 37.9 Å². The number of hydrogen-bond acceptors (Lipinski definition) is 5. The average Bonchev–Trinajstić information content (AvgIpc) is 3.14. The molecule has 0 radical (unpaired) electrons. The molecule has 5 heteroatoms. The first-order valence-corrected chi connectivity index (χ1v) is 7.33. The fourth-order valence-corrected chi connectivity index (χ4v) is 2.41. The van der Waals surface area contributed by atoms with Crippen LogP contribution in [0, 0.1) is 0 Å². The summed E-state index contributed by atoms with van der Waals surface area (Å²) in [5, 5.41) is 6.60. The molecule has 1 aliphatic carbocycles. The van der Waals surface area contributed by atoms with E-state index in [0.29, 0.717) is 12.0 Å². The topological polar surface area (TPSA) is 59.1 Å². The molecular weight excluding hydrogens is 240 g/mol. The molecule has 104 valence electrons. The van der Waals surface area contributed by atoms with Crippen molar-refractivity contribution in [2.45, 2.75) is 44.6 Å². The largest absolute Gasteiger partial charge is 0.376 e. The fraction of sp³-hybridized carbons (Fsp3) is 0.714. The molecule has 2 N–H and O–H groups in total. The second kappa shape index (κ2) is 5.74. The van der Waals surface area contributed by atoms with E-state index in [-0.39, 0.29) is 0 Å². The van der Waals surface area contributed by atoms with Crippen LogP contribution in [0.4, 0.5) is 11.8 Å². The molecule has 1 saturated heterocycles. The van der Waals surface area contributed by atoms with E-state index in [1.54, 1.807) is 0 Å². The van der Waals surface area contributed by atoms with Crippen molar-refractivity contribution in [1.82, 2.24) is 9.97 Å². The van der Waals surface area contributed by atoms with Crippen LogP contribution >= 0.6 is 0 Å². The van der Waals surface area contributed by atoms with Gasteiger partial charge in [-0.05, 0) is 32.6 Å². The van der Waals surface area contributed by atoms with Crippen LogP contribution in [0.3, 0.4) is 0 Å². The monoisotopic (exact) mass is 262 g/mol. The SMILES string of the molecule is CCNc1nc(NC[C@H]2CCCO2)cc(C2CC2)n1. The molecule has 19 heavy (non-hydrogen) atoms. The van der Waals surface area contributed by atoms with Gasteiger partial charge in [0.1, 0.15) is 5.82 Å². The smallest absolute Gasteiger partial charge is 0.224 e. The number of aromatic nitrogens is 2. The van der Waals surface area contributed by atoms with Crippen molar-refractivity contribution in [3.05, 3.63) is 11.8 Å². The summed E-state index contributed by atoms with van der Waals surface area (Å²) in [6.07, 6.45) is 5.17. The summed E-state index contributed by atoms with van der Waals surface area (Å²) in [5.41, 5.74) is 1.17. The maximum Gasteiger partial charge on any atom is 0.224 e. The number of hydrogen-bond donors (Lipinski definition) is 2. The summed E-state index contributed by atoms with van der Waals surface area (Å²) >= 11 is 0. The Morgan fingerprint density at radius 3 is 2.84 bits per heavy atom. The fourth-order valence-electron chi connectivity index (χ4n) is 2.41. The normalized spacial score (nSPS) is 22.5. The van der Waals surface area contributed by atoms with Crippen LogP contribution in [0.25, 0.3) is 0 Å². The standard InChI is InChI=1S/C14H22N4O/c1-2-15-14-17-12(10-5-6-10)8-13(18-14)16-9-11-4-3-7-19-11/h8,10-11H,2-7,9H2,1H3,(H2,15,16,17,18)/t11-/m1/s1. The zero-order valence-electron chi connectivity index (χ0n) is 11.5. The van der Waals surface area contributed by atoms with E-state index >= 15 is 0 Å². The highest BCUT2D eigenvalue weighted by molar-refractivity contribution is 5.44. The molecule has 5 nitrogen and oxygen atoms in total. The van der Waals surface area contributed by atoms with Gasteiger partial charge >= 0.3 is 0 Å². The minimum atomic E-state index is 0.335. The molecule has 0 amide bonds. The number of anilines is 2. The Balaban J connectivity index is 1.67. The van der Waals surface area contributed by atoms with Gasteiger partial charge in [0.15, 0.2) is 0 Å². The highest BCUT2D eigenvalue weighted by Gasteiger charge is 2.26. The third-order valence-electron chi connectivity index (χ3n) is 3.61. The number of nitrogens with one attached hydrogen (secondary N) is 2. The number of ether oxygens (including phenoxy) is 1. The van der Waals surface area contributed by atoms with Gasteiger partial charge in [-0.2, -0.15) is 4.98 Å². The Morgan fingerprint density at radius 2 is 2.16 bits per heavy atom. The molecule has 2 heterocycles. The first kappa shape index (κ1) is 12.7. The van der Waals surface area contributed by atoms with Crippen LogP contribution in [0.5, 0.6) is 0 Å². The second-order valence-electron chi connectivity index (χ2n) is 5.32. The summed E-state index contributed by atoms with van der Waals surface area (Å²) in [6, 6.07) is 2.09. The van der Waals surface area contributed by atoms with Gasteiger partial charge in [0, 0.05) is 31.7 Å². The van der Waals surface area contributed by atoms with E-state index in [2.05, 4.69) is 33.6 Å². The molecule has 1 atom stereocenters. The molecule has 1 saturated carbocycles. The van der Waals surface area contributed by atoms with E-state index in [9.17, 15) is 0 Å². The molecule has 2 fully saturated rings. The minimum Gasteiger partial charge on any atom is -0.376 e. The van der Waals surface area contributed by atoms with Crippen molar-refractivity contribution in [2.75, 3.05) is 30.3 Å². The first-order chi connectivity index (χ1) is 9.35. The Morgan fingerprint density at radius 1 is 1.26 bits per heavy atom.